The molecule has 0 saturated heterocycles. The van der Waals surface area contributed by atoms with Gasteiger partial charge in [0.2, 0.25) is 5.78 Å². The van der Waals surface area contributed by atoms with Crippen LogP contribution in [0.4, 0.5) is 0 Å². The van der Waals surface area contributed by atoms with Gasteiger partial charge in [-0.2, -0.15) is 0 Å². The van der Waals surface area contributed by atoms with Gasteiger partial charge in [0, 0.05) is 15.6 Å². The van der Waals surface area contributed by atoms with Crippen molar-refractivity contribution in [1.82, 2.24) is 9.38 Å². The van der Waals surface area contributed by atoms with E-state index in [0.717, 1.165) is 10.0 Å². The van der Waals surface area contributed by atoms with Crippen LogP contribution >= 0.6 is 15.9 Å². The number of fused-ring (bicyclic) bond motifs is 1. The second-order valence-corrected chi connectivity index (χ2v) is 7.68. The first-order valence-corrected chi connectivity index (χ1v) is 10.4. The molecule has 0 fully saturated rings. The van der Waals surface area contributed by atoms with Crippen LogP contribution in [0, 0.1) is 0 Å². The normalized spacial score (nSPS) is 10.8. The maximum Gasteiger partial charge on any atom is 0.340 e. The number of ketones is 1. The lowest BCUT2D eigenvalue weighted by molar-refractivity contribution is 0.0529. The van der Waals surface area contributed by atoms with Gasteiger partial charge in [0.1, 0.15) is 12.1 Å². The van der Waals surface area contributed by atoms with E-state index in [2.05, 4.69) is 20.9 Å². The summed E-state index contributed by atoms with van der Waals surface area (Å²) in [4.78, 5) is 30.3. The second-order valence-electron chi connectivity index (χ2n) is 6.76. The van der Waals surface area contributed by atoms with E-state index in [1.807, 2.05) is 24.3 Å². The SMILES string of the molecule is CCOC(=O)c1cc(C(=O)c2ccc(Br)cc2)n2cnc(-c3cccc(OC)c3)cc12. The van der Waals surface area contributed by atoms with Crippen LogP contribution in [0.1, 0.15) is 33.3 Å². The second kappa shape index (κ2) is 8.73. The van der Waals surface area contributed by atoms with Crippen molar-refractivity contribution in [3.63, 3.8) is 0 Å². The van der Waals surface area contributed by atoms with E-state index in [0.29, 0.717) is 33.8 Å². The van der Waals surface area contributed by atoms with E-state index < -0.39 is 5.97 Å². The maximum absolute atomic E-state index is 13.2. The minimum Gasteiger partial charge on any atom is -0.497 e. The molecule has 2 aromatic carbocycles. The van der Waals surface area contributed by atoms with Crippen molar-refractivity contribution >= 4 is 33.2 Å². The number of nitrogens with zero attached hydrogens (tertiary/aromatic N) is 2. The van der Waals surface area contributed by atoms with Gasteiger partial charge in [0.05, 0.1) is 36.2 Å². The zero-order valence-electron chi connectivity index (χ0n) is 17.0. The zero-order valence-corrected chi connectivity index (χ0v) is 18.5. The molecule has 0 saturated carbocycles. The molecular formula is C24H19BrN2O4. The number of aromatic nitrogens is 2. The number of ether oxygens (including phenoxy) is 2. The first-order chi connectivity index (χ1) is 15.0. The lowest BCUT2D eigenvalue weighted by atomic mass is 10.1. The van der Waals surface area contributed by atoms with Crippen LogP contribution in [0.25, 0.3) is 16.8 Å². The van der Waals surface area contributed by atoms with Crippen LogP contribution in [0.5, 0.6) is 5.75 Å². The molecule has 0 N–H and O–H groups in total. The smallest absolute Gasteiger partial charge is 0.340 e. The number of halogens is 1. The molecule has 0 bridgehead atoms. The highest BCUT2D eigenvalue weighted by molar-refractivity contribution is 9.10. The Morgan fingerprint density at radius 1 is 1.06 bits per heavy atom. The van der Waals surface area contributed by atoms with Crippen LogP contribution in [0.15, 0.2) is 71.5 Å². The van der Waals surface area contributed by atoms with Gasteiger partial charge in [-0.25, -0.2) is 9.78 Å². The van der Waals surface area contributed by atoms with Crippen molar-refractivity contribution in [3.8, 4) is 17.0 Å². The first kappa shape index (κ1) is 20.8. The fraction of sp³-hybridized carbons (Fsp3) is 0.125. The third kappa shape index (κ3) is 4.09. The molecule has 0 aliphatic rings. The molecule has 0 amide bonds. The average Bonchev–Trinajstić information content (AvgIpc) is 3.18. The Balaban J connectivity index is 1.87. The van der Waals surface area contributed by atoms with Gasteiger partial charge in [-0.05, 0) is 55.5 Å². The number of benzene rings is 2. The topological polar surface area (TPSA) is 69.9 Å². The highest BCUT2D eigenvalue weighted by Crippen LogP contribution is 2.27. The fourth-order valence-electron chi connectivity index (χ4n) is 3.33. The fourth-order valence-corrected chi connectivity index (χ4v) is 3.60. The number of hydrogen-bond donors (Lipinski definition) is 0. The summed E-state index contributed by atoms with van der Waals surface area (Å²) in [6.07, 6.45) is 1.55. The van der Waals surface area contributed by atoms with Crippen molar-refractivity contribution in [3.05, 3.63) is 88.3 Å². The molecule has 2 aromatic heterocycles. The predicted molar refractivity (Wildman–Crippen MR) is 121 cm³/mol. The molecule has 0 atom stereocenters. The van der Waals surface area contributed by atoms with E-state index in [1.54, 1.807) is 61.2 Å². The molecule has 0 aliphatic carbocycles. The molecule has 6 nitrogen and oxygen atoms in total. The summed E-state index contributed by atoms with van der Waals surface area (Å²) < 4.78 is 13.0. The number of methoxy groups -OCH3 is 1. The summed E-state index contributed by atoms with van der Waals surface area (Å²) >= 11 is 3.37. The van der Waals surface area contributed by atoms with Crippen LogP contribution in [0.2, 0.25) is 0 Å². The van der Waals surface area contributed by atoms with Crippen LogP contribution < -0.4 is 4.74 Å². The van der Waals surface area contributed by atoms with Gasteiger partial charge < -0.3 is 9.47 Å². The molecular weight excluding hydrogens is 460 g/mol. The van der Waals surface area contributed by atoms with E-state index >= 15 is 0 Å². The molecule has 0 radical (unpaired) electrons. The number of carbonyl (C=O) groups is 2. The monoisotopic (exact) mass is 478 g/mol. The number of rotatable bonds is 6. The summed E-state index contributed by atoms with van der Waals surface area (Å²) in [6, 6.07) is 17.9. The number of hydrogen-bond acceptors (Lipinski definition) is 5. The Morgan fingerprint density at radius 3 is 2.55 bits per heavy atom. The Labute approximate surface area is 187 Å². The minimum absolute atomic E-state index is 0.214. The minimum atomic E-state index is -0.488. The molecule has 0 spiro atoms. The van der Waals surface area contributed by atoms with E-state index in [9.17, 15) is 9.59 Å². The summed E-state index contributed by atoms with van der Waals surface area (Å²) in [5.41, 5.74) is 3.19. The molecule has 31 heavy (non-hydrogen) atoms. The summed E-state index contributed by atoms with van der Waals surface area (Å²) in [7, 11) is 1.60. The standard InChI is InChI=1S/C24H19BrN2O4/c1-3-31-24(29)19-12-22(23(28)15-7-9-17(25)10-8-15)27-14-26-20(13-21(19)27)16-5-4-6-18(11-16)30-2/h4-14H,3H2,1-2H3. The largest absolute Gasteiger partial charge is 0.497 e. The maximum atomic E-state index is 13.2. The quantitative estimate of drug-likeness (QED) is 0.282. The van der Waals surface area contributed by atoms with E-state index in [-0.39, 0.29) is 12.4 Å². The molecule has 4 rings (SSSR count). The van der Waals surface area contributed by atoms with Crippen molar-refractivity contribution in [2.45, 2.75) is 6.92 Å². The third-order valence-electron chi connectivity index (χ3n) is 4.86. The number of carbonyl (C=O) groups excluding carboxylic acids is 2. The van der Waals surface area contributed by atoms with Crippen LogP contribution in [0.3, 0.4) is 0 Å². The van der Waals surface area contributed by atoms with Gasteiger partial charge in [-0.15, -0.1) is 0 Å². The van der Waals surface area contributed by atoms with Gasteiger partial charge in [-0.1, -0.05) is 28.1 Å². The van der Waals surface area contributed by atoms with Crippen molar-refractivity contribution in [2.75, 3.05) is 13.7 Å². The van der Waals surface area contributed by atoms with Crippen molar-refractivity contribution in [1.29, 1.82) is 0 Å². The highest BCUT2D eigenvalue weighted by atomic mass is 79.9. The lowest BCUT2D eigenvalue weighted by Gasteiger charge is -2.07. The average molecular weight is 479 g/mol. The molecule has 7 heteroatoms. The van der Waals surface area contributed by atoms with Gasteiger partial charge in [0.15, 0.2) is 0 Å². The third-order valence-corrected chi connectivity index (χ3v) is 5.39. The predicted octanol–water partition coefficient (Wildman–Crippen LogP) is 5.18. The van der Waals surface area contributed by atoms with E-state index in [1.165, 1.54) is 0 Å². The molecule has 2 heterocycles. The summed E-state index contributed by atoms with van der Waals surface area (Å²) in [5, 5.41) is 0. The van der Waals surface area contributed by atoms with Crippen molar-refractivity contribution in [2.24, 2.45) is 0 Å². The van der Waals surface area contributed by atoms with Crippen molar-refractivity contribution < 1.29 is 19.1 Å². The zero-order chi connectivity index (χ0) is 22.0. The number of esters is 1. The van der Waals surface area contributed by atoms with Crippen LogP contribution in [-0.4, -0.2) is 34.9 Å². The Morgan fingerprint density at radius 2 is 1.84 bits per heavy atom. The Bertz CT molecular complexity index is 1280. The Hall–Kier alpha value is -3.45. The molecule has 4 aromatic rings. The van der Waals surface area contributed by atoms with Gasteiger partial charge in [0.25, 0.3) is 0 Å². The summed E-state index contributed by atoms with van der Waals surface area (Å²) in [6.45, 7) is 1.98. The highest BCUT2D eigenvalue weighted by Gasteiger charge is 2.22. The molecule has 0 aliphatic heterocycles. The molecule has 0 unspecified atom stereocenters. The van der Waals surface area contributed by atoms with Crippen LogP contribution in [-0.2, 0) is 4.74 Å². The summed E-state index contributed by atoms with van der Waals surface area (Å²) in [5.74, 6) is -0.00194. The Kier molecular flexibility index (Phi) is 5.86. The van der Waals surface area contributed by atoms with E-state index in [4.69, 9.17) is 9.47 Å². The van der Waals surface area contributed by atoms with Gasteiger partial charge in [-0.3, -0.25) is 9.20 Å². The van der Waals surface area contributed by atoms with Gasteiger partial charge >= 0.3 is 5.97 Å². The molecule has 156 valence electrons. The lowest BCUT2D eigenvalue weighted by Crippen LogP contribution is -2.05. The first-order valence-electron chi connectivity index (χ1n) is 9.64.